The van der Waals surface area contributed by atoms with E-state index in [2.05, 4.69) is 10.1 Å². The Labute approximate surface area is 188 Å². The molecular formula is C21H18Cl2N2O6. The summed E-state index contributed by atoms with van der Waals surface area (Å²) >= 11 is 12.2. The molecular weight excluding hydrogens is 447 g/mol. The average Bonchev–Trinajstić information content (AvgIpc) is 3.01. The predicted octanol–water partition coefficient (Wildman–Crippen LogP) is 4.04. The van der Waals surface area contributed by atoms with Crippen molar-refractivity contribution in [2.24, 2.45) is 0 Å². The van der Waals surface area contributed by atoms with Crippen LogP contribution in [0.3, 0.4) is 0 Å². The van der Waals surface area contributed by atoms with Crippen molar-refractivity contribution in [1.29, 1.82) is 0 Å². The molecule has 3 rings (SSSR count). The highest BCUT2D eigenvalue weighted by Crippen LogP contribution is 2.37. The highest BCUT2D eigenvalue weighted by molar-refractivity contribution is 6.33. The highest BCUT2D eigenvalue weighted by Gasteiger charge is 2.34. The first kappa shape index (κ1) is 22.5. The zero-order chi connectivity index (χ0) is 22.5. The van der Waals surface area contributed by atoms with E-state index in [-0.39, 0.29) is 28.8 Å². The van der Waals surface area contributed by atoms with Gasteiger partial charge in [-0.3, -0.25) is 4.79 Å². The van der Waals surface area contributed by atoms with E-state index in [9.17, 15) is 14.4 Å². The SMILES string of the molecule is CCOc1cc(/C=C2/NC(=O)N(c3ccc(Cl)cc3)C2=O)cc(Cl)c1OCC(=O)OC. The van der Waals surface area contributed by atoms with Crippen LogP contribution in [-0.2, 0) is 14.3 Å². The lowest BCUT2D eigenvalue weighted by atomic mass is 10.1. The summed E-state index contributed by atoms with van der Waals surface area (Å²) in [5, 5.41) is 3.18. The minimum Gasteiger partial charge on any atom is -0.490 e. The number of methoxy groups -OCH3 is 1. The van der Waals surface area contributed by atoms with Gasteiger partial charge in [-0.15, -0.1) is 0 Å². The van der Waals surface area contributed by atoms with Gasteiger partial charge < -0.3 is 19.5 Å². The Morgan fingerprint density at radius 2 is 1.84 bits per heavy atom. The van der Waals surface area contributed by atoms with Crippen LogP contribution in [0.4, 0.5) is 10.5 Å². The summed E-state index contributed by atoms with van der Waals surface area (Å²) in [6.45, 7) is 1.74. The smallest absolute Gasteiger partial charge is 0.343 e. The summed E-state index contributed by atoms with van der Waals surface area (Å²) in [7, 11) is 1.24. The molecule has 1 aliphatic rings. The number of nitrogens with one attached hydrogen (secondary N) is 1. The average molecular weight is 465 g/mol. The van der Waals surface area contributed by atoms with Gasteiger partial charge in [0.1, 0.15) is 5.70 Å². The third kappa shape index (κ3) is 5.10. The Morgan fingerprint density at radius 3 is 2.48 bits per heavy atom. The van der Waals surface area contributed by atoms with Crippen molar-refractivity contribution in [3.05, 3.63) is 57.7 Å². The van der Waals surface area contributed by atoms with E-state index >= 15 is 0 Å². The zero-order valence-electron chi connectivity index (χ0n) is 16.6. The Hall–Kier alpha value is -3.23. The van der Waals surface area contributed by atoms with Gasteiger partial charge in [0.25, 0.3) is 5.91 Å². The quantitative estimate of drug-likeness (QED) is 0.377. The number of hydrogen-bond acceptors (Lipinski definition) is 6. The van der Waals surface area contributed by atoms with Crippen LogP contribution in [0.2, 0.25) is 10.0 Å². The lowest BCUT2D eigenvalue weighted by Crippen LogP contribution is -2.30. The number of esters is 1. The Bertz CT molecular complexity index is 1050. The van der Waals surface area contributed by atoms with Gasteiger partial charge >= 0.3 is 12.0 Å². The molecule has 8 nitrogen and oxygen atoms in total. The number of urea groups is 1. The summed E-state index contributed by atoms with van der Waals surface area (Å²) in [5.74, 6) is -0.670. The van der Waals surface area contributed by atoms with Gasteiger partial charge in [0.05, 0.1) is 24.4 Å². The molecule has 162 valence electrons. The lowest BCUT2D eigenvalue weighted by Gasteiger charge is -2.14. The molecule has 1 aliphatic heterocycles. The van der Waals surface area contributed by atoms with E-state index in [1.165, 1.54) is 19.3 Å². The van der Waals surface area contributed by atoms with Gasteiger partial charge in [-0.2, -0.15) is 0 Å². The van der Waals surface area contributed by atoms with E-state index in [0.29, 0.717) is 22.9 Å². The van der Waals surface area contributed by atoms with Crippen molar-refractivity contribution in [1.82, 2.24) is 5.32 Å². The number of anilines is 1. The van der Waals surface area contributed by atoms with Crippen LogP contribution >= 0.6 is 23.2 Å². The van der Waals surface area contributed by atoms with Crippen LogP contribution in [0, 0.1) is 0 Å². The third-order valence-corrected chi connectivity index (χ3v) is 4.70. The number of ether oxygens (including phenoxy) is 3. The number of rotatable bonds is 7. The van der Waals surface area contributed by atoms with Gasteiger partial charge in [0, 0.05) is 5.02 Å². The van der Waals surface area contributed by atoms with Crippen molar-refractivity contribution in [3.63, 3.8) is 0 Å². The largest absolute Gasteiger partial charge is 0.490 e. The molecule has 1 saturated heterocycles. The monoisotopic (exact) mass is 464 g/mol. The maximum absolute atomic E-state index is 12.8. The molecule has 10 heteroatoms. The Kier molecular flexibility index (Phi) is 7.04. The topological polar surface area (TPSA) is 94.2 Å². The standard InChI is InChI=1S/C21H18Cl2N2O6/c1-3-30-17-10-12(8-15(23)19(17)31-11-18(26)29-2)9-16-20(27)25(21(28)24-16)14-6-4-13(22)5-7-14/h4-10H,3,11H2,1-2H3,(H,24,28)/b16-9+. The molecule has 0 saturated carbocycles. The number of benzene rings is 2. The first-order valence-electron chi connectivity index (χ1n) is 9.12. The van der Waals surface area contributed by atoms with Crippen molar-refractivity contribution in [3.8, 4) is 11.5 Å². The van der Waals surface area contributed by atoms with Gasteiger partial charge in [0.2, 0.25) is 0 Å². The lowest BCUT2D eigenvalue weighted by molar-refractivity contribution is -0.142. The minimum atomic E-state index is -0.590. The van der Waals surface area contributed by atoms with E-state index in [1.54, 1.807) is 37.3 Å². The first-order valence-corrected chi connectivity index (χ1v) is 9.88. The maximum Gasteiger partial charge on any atom is 0.343 e. The number of carbonyl (C=O) groups is 3. The van der Waals surface area contributed by atoms with Gasteiger partial charge in [-0.25, -0.2) is 14.5 Å². The van der Waals surface area contributed by atoms with Crippen molar-refractivity contribution in [2.75, 3.05) is 25.2 Å². The summed E-state index contributed by atoms with van der Waals surface area (Å²) in [5.41, 5.74) is 0.928. The second-order valence-electron chi connectivity index (χ2n) is 6.23. The Balaban J connectivity index is 1.90. The molecule has 1 fully saturated rings. The van der Waals surface area contributed by atoms with Crippen LogP contribution < -0.4 is 19.7 Å². The summed E-state index contributed by atoms with van der Waals surface area (Å²) in [4.78, 5) is 37.5. The second-order valence-corrected chi connectivity index (χ2v) is 7.08. The fourth-order valence-corrected chi connectivity index (χ4v) is 3.19. The van der Waals surface area contributed by atoms with E-state index in [0.717, 1.165) is 4.90 Å². The Morgan fingerprint density at radius 1 is 1.13 bits per heavy atom. The normalized spacial score (nSPS) is 14.6. The number of hydrogen-bond donors (Lipinski definition) is 1. The fraction of sp³-hybridized carbons (Fsp3) is 0.190. The van der Waals surface area contributed by atoms with Gasteiger partial charge in [-0.1, -0.05) is 23.2 Å². The van der Waals surface area contributed by atoms with Crippen LogP contribution in [0.1, 0.15) is 12.5 Å². The first-order chi connectivity index (χ1) is 14.8. The fourth-order valence-electron chi connectivity index (χ4n) is 2.79. The molecule has 31 heavy (non-hydrogen) atoms. The predicted molar refractivity (Wildman–Crippen MR) is 116 cm³/mol. The molecule has 1 N–H and O–H groups in total. The minimum absolute atomic E-state index is 0.0571. The van der Waals surface area contributed by atoms with Crippen molar-refractivity contribution < 1.29 is 28.6 Å². The van der Waals surface area contributed by atoms with E-state index in [1.807, 2.05) is 0 Å². The second kappa shape index (κ2) is 9.72. The van der Waals surface area contributed by atoms with E-state index < -0.39 is 17.9 Å². The van der Waals surface area contributed by atoms with Crippen LogP contribution in [0.5, 0.6) is 11.5 Å². The number of amides is 3. The molecule has 0 radical (unpaired) electrons. The van der Waals surface area contributed by atoms with Crippen LogP contribution in [0.25, 0.3) is 6.08 Å². The molecule has 0 unspecified atom stereocenters. The van der Waals surface area contributed by atoms with Gasteiger partial charge in [0.15, 0.2) is 18.1 Å². The van der Waals surface area contributed by atoms with Crippen LogP contribution in [0.15, 0.2) is 42.1 Å². The molecule has 3 amide bonds. The third-order valence-electron chi connectivity index (χ3n) is 4.17. The summed E-state index contributed by atoms with van der Waals surface area (Å²) in [6.07, 6.45) is 1.47. The van der Waals surface area contributed by atoms with Gasteiger partial charge in [-0.05, 0) is 55.0 Å². The summed E-state index contributed by atoms with van der Waals surface area (Å²) in [6, 6.07) is 8.82. The number of halogens is 2. The number of nitrogens with zero attached hydrogens (tertiary/aromatic N) is 1. The molecule has 0 aliphatic carbocycles. The van der Waals surface area contributed by atoms with Crippen molar-refractivity contribution in [2.45, 2.75) is 6.92 Å². The molecule has 1 heterocycles. The molecule has 2 aromatic rings. The summed E-state index contributed by atoms with van der Waals surface area (Å²) < 4.78 is 15.5. The molecule has 0 aromatic heterocycles. The van der Waals surface area contributed by atoms with Crippen LogP contribution in [-0.4, -0.2) is 38.2 Å². The number of imide groups is 1. The molecule has 2 aromatic carbocycles. The number of carbonyl (C=O) groups excluding carboxylic acids is 3. The van der Waals surface area contributed by atoms with E-state index in [4.69, 9.17) is 32.7 Å². The molecule has 0 spiro atoms. The molecule has 0 bridgehead atoms. The van der Waals surface area contributed by atoms with Crippen molar-refractivity contribution >= 4 is 52.9 Å². The maximum atomic E-state index is 12.8. The highest BCUT2D eigenvalue weighted by atomic mass is 35.5. The molecule has 0 atom stereocenters. The zero-order valence-corrected chi connectivity index (χ0v) is 18.1.